The van der Waals surface area contributed by atoms with Gasteiger partial charge in [-0.25, -0.2) is 0 Å². The van der Waals surface area contributed by atoms with Gasteiger partial charge in [-0.05, 0) is 43.7 Å². The molecule has 0 amide bonds. The second kappa shape index (κ2) is 5.45. The maximum Gasteiger partial charge on any atom is 0.197 e. The Hall–Kier alpha value is -1.80. The predicted molar refractivity (Wildman–Crippen MR) is 77.4 cm³/mol. The molecule has 0 N–H and O–H groups in total. The van der Waals surface area contributed by atoms with Gasteiger partial charge in [-0.1, -0.05) is 29.3 Å². The van der Waals surface area contributed by atoms with E-state index in [0.29, 0.717) is 21.9 Å². The van der Waals surface area contributed by atoms with Gasteiger partial charge in [-0.15, -0.1) is 0 Å². The maximum atomic E-state index is 12.6. The second-order valence-corrected chi connectivity index (χ2v) is 4.93. The molecular formula is C16H15ClO2. The summed E-state index contributed by atoms with van der Waals surface area (Å²) in [4.78, 5) is 12.6. The molecule has 0 bridgehead atoms. The zero-order valence-corrected chi connectivity index (χ0v) is 11.9. The van der Waals surface area contributed by atoms with E-state index in [1.807, 2.05) is 32.0 Å². The molecule has 3 heteroatoms. The summed E-state index contributed by atoms with van der Waals surface area (Å²) in [6, 6.07) is 10.9. The summed E-state index contributed by atoms with van der Waals surface area (Å²) in [6.07, 6.45) is 0. The summed E-state index contributed by atoms with van der Waals surface area (Å²) >= 11 is 5.97. The minimum absolute atomic E-state index is 0.0689. The van der Waals surface area contributed by atoms with Crippen LogP contribution in [0.2, 0.25) is 5.02 Å². The Balaban J connectivity index is 2.55. The van der Waals surface area contributed by atoms with E-state index in [1.165, 1.54) is 0 Å². The van der Waals surface area contributed by atoms with Crippen LogP contribution in [0.5, 0.6) is 5.75 Å². The third kappa shape index (κ3) is 2.79. The first-order valence-electron chi connectivity index (χ1n) is 5.98. The van der Waals surface area contributed by atoms with Gasteiger partial charge in [-0.2, -0.15) is 0 Å². The van der Waals surface area contributed by atoms with Crippen molar-refractivity contribution < 1.29 is 9.53 Å². The van der Waals surface area contributed by atoms with Crippen LogP contribution in [-0.2, 0) is 0 Å². The Kier molecular flexibility index (Phi) is 3.91. The number of hydrogen-bond acceptors (Lipinski definition) is 2. The number of aryl methyl sites for hydroxylation is 2. The monoisotopic (exact) mass is 274 g/mol. The van der Waals surface area contributed by atoms with E-state index in [0.717, 1.165) is 11.1 Å². The molecule has 19 heavy (non-hydrogen) atoms. The van der Waals surface area contributed by atoms with Gasteiger partial charge in [0.15, 0.2) is 5.78 Å². The number of ether oxygens (including phenoxy) is 1. The summed E-state index contributed by atoms with van der Waals surface area (Å²) in [5.41, 5.74) is 3.16. The van der Waals surface area contributed by atoms with Crippen molar-refractivity contribution in [1.82, 2.24) is 0 Å². The molecule has 0 heterocycles. The van der Waals surface area contributed by atoms with Gasteiger partial charge in [0.2, 0.25) is 0 Å². The normalized spacial score (nSPS) is 10.3. The molecule has 0 aliphatic carbocycles. The number of carbonyl (C=O) groups is 1. The third-order valence-electron chi connectivity index (χ3n) is 3.04. The smallest absolute Gasteiger partial charge is 0.197 e. The Bertz CT molecular complexity index is 633. The Morgan fingerprint density at radius 3 is 2.47 bits per heavy atom. The van der Waals surface area contributed by atoms with E-state index in [9.17, 15) is 4.79 Å². The summed E-state index contributed by atoms with van der Waals surface area (Å²) in [5, 5.41) is 0.523. The zero-order chi connectivity index (χ0) is 14.0. The SMILES string of the molecule is COc1ccc(Cl)cc1C(=O)c1cc(C)ccc1C. The largest absolute Gasteiger partial charge is 0.496 e. The van der Waals surface area contributed by atoms with Crippen LogP contribution in [0.4, 0.5) is 0 Å². The van der Waals surface area contributed by atoms with Crippen LogP contribution in [0.15, 0.2) is 36.4 Å². The standard InChI is InChI=1S/C16H15ClO2/c1-10-4-5-11(2)13(8-10)16(18)14-9-12(17)6-7-15(14)19-3/h4-9H,1-3H3. The summed E-state index contributed by atoms with van der Waals surface area (Å²) in [7, 11) is 1.54. The fraction of sp³-hybridized carbons (Fsp3) is 0.188. The molecule has 2 aromatic carbocycles. The molecule has 0 aliphatic rings. The highest BCUT2D eigenvalue weighted by Crippen LogP contribution is 2.26. The van der Waals surface area contributed by atoms with E-state index < -0.39 is 0 Å². The second-order valence-electron chi connectivity index (χ2n) is 4.49. The van der Waals surface area contributed by atoms with Crippen LogP contribution in [0.3, 0.4) is 0 Å². The first-order valence-corrected chi connectivity index (χ1v) is 6.36. The first kappa shape index (κ1) is 13.6. The number of carbonyl (C=O) groups excluding carboxylic acids is 1. The molecule has 0 atom stereocenters. The van der Waals surface area contributed by atoms with Gasteiger partial charge in [0, 0.05) is 10.6 Å². The van der Waals surface area contributed by atoms with E-state index in [2.05, 4.69) is 0 Å². The fourth-order valence-electron chi connectivity index (χ4n) is 1.98. The lowest BCUT2D eigenvalue weighted by molar-refractivity contribution is 0.103. The van der Waals surface area contributed by atoms with Crippen LogP contribution >= 0.6 is 11.6 Å². The molecule has 0 fully saturated rings. The van der Waals surface area contributed by atoms with Crippen molar-refractivity contribution in [1.29, 1.82) is 0 Å². The highest BCUT2D eigenvalue weighted by atomic mass is 35.5. The van der Waals surface area contributed by atoms with Crippen molar-refractivity contribution in [3.8, 4) is 5.75 Å². The highest BCUT2D eigenvalue weighted by Gasteiger charge is 2.17. The average Bonchev–Trinajstić information content (AvgIpc) is 2.40. The molecule has 2 rings (SSSR count). The number of ketones is 1. The number of rotatable bonds is 3. The molecule has 0 saturated carbocycles. The number of methoxy groups -OCH3 is 1. The van der Waals surface area contributed by atoms with E-state index in [4.69, 9.17) is 16.3 Å². The van der Waals surface area contributed by atoms with Gasteiger partial charge in [0.1, 0.15) is 5.75 Å². The average molecular weight is 275 g/mol. The molecule has 98 valence electrons. The highest BCUT2D eigenvalue weighted by molar-refractivity contribution is 6.31. The Morgan fingerprint density at radius 1 is 1.05 bits per heavy atom. The number of halogens is 1. The van der Waals surface area contributed by atoms with Crippen molar-refractivity contribution in [2.75, 3.05) is 7.11 Å². The van der Waals surface area contributed by atoms with Crippen molar-refractivity contribution in [3.05, 3.63) is 63.7 Å². The van der Waals surface area contributed by atoms with Gasteiger partial charge >= 0.3 is 0 Å². The van der Waals surface area contributed by atoms with E-state index >= 15 is 0 Å². The van der Waals surface area contributed by atoms with Crippen molar-refractivity contribution >= 4 is 17.4 Å². The number of benzene rings is 2. The van der Waals surface area contributed by atoms with Crippen LogP contribution < -0.4 is 4.74 Å². The lowest BCUT2D eigenvalue weighted by atomic mass is 9.97. The molecule has 2 nitrogen and oxygen atoms in total. The minimum Gasteiger partial charge on any atom is -0.496 e. The van der Waals surface area contributed by atoms with Crippen LogP contribution in [0.1, 0.15) is 27.0 Å². The van der Waals surface area contributed by atoms with Crippen LogP contribution in [0, 0.1) is 13.8 Å². The van der Waals surface area contributed by atoms with Gasteiger partial charge in [0.25, 0.3) is 0 Å². The maximum absolute atomic E-state index is 12.6. The van der Waals surface area contributed by atoms with Gasteiger partial charge < -0.3 is 4.74 Å². The fourth-order valence-corrected chi connectivity index (χ4v) is 2.16. The van der Waals surface area contributed by atoms with Crippen molar-refractivity contribution in [2.24, 2.45) is 0 Å². The van der Waals surface area contributed by atoms with Gasteiger partial charge in [0.05, 0.1) is 12.7 Å². The van der Waals surface area contributed by atoms with Crippen LogP contribution in [-0.4, -0.2) is 12.9 Å². The zero-order valence-electron chi connectivity index (χ0n) is 11.2. The quantitative estimate of drug-likeness (QED) is 0.784. The molecule has 0 unspecified atom stereocenters. The van der Waals surface area contributed by atoms with Crippen LogP contribution in [0.25, 0.3) is 0 Å². The van der Waals surface area contributed by atoms with Crippen molar-refractivity contribution in [3.63, 3.8) is 0 Å². The molecule has 0 aromatic heterocycles. The molecule has 0 saturated heterocycles. The van der Waals surface area contributed by atoms with E-state index in [-0.39, 0.29) is 5.78 Å². The predicted octanol–water partition coefficient (Wildman–Crippen LogP) is 4.20. The van der Waals surface area contributed by atoms with Gasteiger partial charge in [-0.3, -0.25) is 4.79 Å². The number of hydrogen-bond donors (Lipinski definition) is 0. The Labute approximate surface area is 118 Å². The third-order valence-corrected chi connectivity index (χ3v) is 3.28. The molecule has 0 aliphatic heterocycles. The first-order chi connectivity index (χ1) is 9.02. The summed E-state index contributed by atoms with van der Waals surface area (Å²) in [6.45, 7) is 3.88. The minimum atomic E-state index is -0.0689. The molecule has 0 spiro atoms. The molecule has 2 aromatic rings. The summed E-state index contributed by atoms with van der Waals surface area (Å²) < 4.78 is 5.23. The topological polar surface area (TPSA) is 26.3 Å². The summed E-state index contributed by atoms with van der Waals surface area (Å²) in [5.74, 6) is 0.468. The van der Waals surface area contributed by atoms with E-state index in [1.54, 1.807) is 25.3 Å². The molecular weight excluding hydrogens is 260 g/mol. The Morgan fingerprint density at radius 2 is 1.79 bits per heavy atom. The lowest BCUT2D eigenvalue weighted by Gasteiger charge is -2.10. The lowest BCUT2D eigenvalue weighted by Crippen LogP contribution is -2.06. The van der Waals surface area contributed by atoms with Crippen molar-refractivity contribution in [2.45, 2.75) is 13.8 Å². The molecule has 0 radical (unpaired) electrons.